The molecule has 5 heteroatoms. The number of hydrogen-bond acceptors (Lipinski definition) is 3. The maximum absolute atomic E-state index is 11.6. The first-order valence-electron chi connectivity index (χ1n) is 6.09. The predicted molar refractivity (Wildman–Crippen MR) is 67.2 cm³/mol. The van der Waals surface area contributed by atoms with Gasteiger partial charge in [-0.25, -0.2) is 4.79 Å². The Labute approximate surface area is 107 Å². The zero-order chi connectivity index (χ0) is 13.9. The number of carboxylic acids is 1. The molecular formula is C13H21NO4. The van der Waals surface area contributed by atoms with E-state index in [2.05, 4.69) is 5.32 Å². The Balaban J connectivity index is 2.58. The molecular weight excluding hydrogens is 234 g/mol. The second kappa shape index (κ2) is 5.42. The minimum atomic E-state index is -0.848. The summed E-state index contributed by atoms with van der Waals surface area (Å²) < 4.78 is 5.16. The number of nitrogens with one attached hydrogen (secondary N) is 1. The van der Waals surface area contributed by atoms with Crippen LogP contribution in [0, 0.1) is 11.8 Å². The van der Waals surface area contributed by atoms with Gasteiger partial charge in [-0.1, -0.05) is 19.1 Å². The number of aliphatic carboxylic acids is 1. The lowest BCUT2D eigenvalue weighted by atomic mass is 9.89. The SMILES string of the molecule is CC(C(=O)O)C1CC=CC1NC(=O)OC(C)(C)C. The van der Waals surface area contributed by atoms with Crippen molar-refractivity contribution in [2.75, 3.05) is 0 Å². The first-order valence-corrected chi connectivity index (χ1v) is 6.09. The number of allylic oxidation sites excluding steroid dienone is 1. The van der Waals surface area contributed by atoms with Crippen LogP contribution in [0.5, 0.6) is 0 Å². The van der Waals surface area contributed by atoms with Gasteiger partial charge in [-0.15, -0.1) is 0 Å². The number of carboxylic acid groups (broad SMARTS) is 1. The van der Waals surface area contributed by atoms with E-state index in [0.29, 0.717) is 6.42 Å². The van der Waals surface area contributed by atoms with Crippen LogP contribution in [-0.2, 0) is 9.53 Å². The van der Waals surface area contributed by atoms with Crippen molar-refractivity contribution in [2.45, 2.75) is 45.8 Å². The van der Waals surface area contributed by atoms with Crippen LogP contribution >= 0.6 is 0 Å². The topological polar surface area (TPSA) is 75.6 Å². The number of carbonyl (C=O) groups excluding carboxylic acids is 1. The highest BCUT2D eigenvalue weighted by molar-refractivity contribution is 5.71. The fraction of sp³-hybridized carbons (Fsp3) is 0.692. The summed E-state index contributed by atoms with van der Waals surface area (Å²) in [5.74, 6) is -1.46. The van der Waals surface area contributed by atoms with Crippen molar-refractivity contribution in [3.05, 3.63) is 12.2 Å². The summed E-state index contributed by atoms with van der Waals surface area (Å²) in [5.41, 5.74) is -0.555. The fourth-order valence-corrected chi connectivity index (χ4v) is 1.97. The second-order valence-corrected chi connectivity index (χ2v) is 5.63. The van der Waals surface area contributed by atoms with Gasteiger partial charge in [0.15, 0.2) is 0 Å². The molecule has 2 N–H and O–H groups in total. The molecule has 0 bridgehead atoms. The smallest absolute Gasteiger partial charge is 0.408 e. The Morgan fingerprint density at radius 1 is 1.44 bits per heavy atom. The van der Waals surface area contributed by atoms with E-state index in [1.54, 1.807) is 27.7 Å². The molecule has 1 amide bonds. The maximum Gasteiger partial charge on any atom is 0.408 e. The van der Waals surface area contributed by atoms with Crippen molar-refractivity contribution in [3.8, 4) is 0 Å². The van der Waals surface area contributed by atoms with Crippen LogP contribution < -0.4 is 5.32 Å². The monoisotopic (exact) mass is 255 g/mol. The standard InChI is InChI=1S/C13H21NO4/c1-8(11(15)16)9-6-5-7-10(9)14-12(17)18-13(2,3)4/h5,7-10H,6H2,1-4H3,(H,14,17)(H,15,16). The quantitative estimate of drug-likeness (QED) is 0.758. The number of amides is 1. The minimum Gasteiger partial charge on any atom is -0.481 e. The van der Waals surface area contributed by atoms with Crippen molar-refractivity contribution >= 4 is 12.1 Å². The molecule has 0 aromatic heterocycles. The van der Waals surface area contributed by atoms with Gasteiger partial charge in [0.25, 0.3) is 0 Å². The number of ether oxygens (including phenoxy) is 1. The molecule has 0 spiro atoms. The highest BCUT2D eigenvalue weighted by Crippen LogP contribution is 2.27. The summed E-state index contributed by atoms with van der Waals surface area (Å²) in [5, 5.41) is 11.7. The summed E-state index contributed by atoms with van der Waals surface area (Å²) in [4.78, 5) is 22.6. The van der Waals surface area contributed by atoms with Gasteiger partial charge in [0.2, 0.25) is 0 Å². The van der Waals surface area contributed by atoms with E-state index in [-0.39, 0.29) is 12.0 Å². The number of carbonyl (C=O) groups is 2. The van der Waals surface area contributed by atoms with Gasteiger partial charge in [-0.05, 0) is 33.1 Å². The first-order chi connectivity index (χ1) is 8.20. The number of alkyl carbamates (subject to hydrolysis) is 1. The average molecular weight is 255 g/mol. The molecule has 1 rings (SSSR count). The zero-order valence-electron chi connectivity index (χ0n) is 11.3. The molecule has 0 aliphatic heterocycles. The number of rotatable bonds is 3. The van der Waals surface area contributed by atoms with Crippen LogP contribution in [0.25, 0.3) is 0 Å². The van der Waals surface area contributed by atoms with Crippen LogP contribution in [0.2, 0.25) is 0 Å². The minimum absolute atomic E-state index is 0.116. The predicted octanol–water partition coefficient (Wildman–Crippen LogP) is 2.18. The molecule has 1 aliphatic rings. The van der Waals surface area contributed by atoms with E-state index in [1.165, 1.54) is 0 Å². The average Bonchev–Trinajstić information content (AvgIpc) is 2.61. The van der Waals surface area contributed by atoms with Gasteiger partial charge < -0.3 is 15.2 Å². The van der Waals surface area contributed by atoms with Crippen molar-refractivity contribution in [3.63, 3.8) is 0 Å². The number of hydrogen-bond donors (Lipinski definition) is 2. The first kappa shape index (κ1) is 14.5. The van der Waals surface area contributed by atoms with E-state index in [4.69, 9.17) is 9.84 Å². The summed E-state index contributed by atoms with van der Waals surface area (Å²) in [6, 6.07) is -0.272. The largest absolute Gasteiger partial charge is 0.481 e. The molecule has 0 fully saturated rings. The molecule has 3 atom stereocenters. The molecule has 0 radical (unpaired) electrons. The highest BCUT2D eigenvalue weighted by Gasteiger charge is 2.33. The van der Waals surface area contributed by atoms with Crippen LogP contribution in [0.1, 0.15) is 34.1 Å². The summed E-state index contributed by atoms with van der Waals surface area (Å²) in [6.45, 7) is 7.01. The van der Waals surface area contributed by atoms with Crippen molar-refractivity contribution in [1.82, 2.24) is 5.32 Å². The summed E-state index contributed by atoms with van der Waals surface area (Å²) in [6.07, 6.45) is 3.87. The molecule has 0 aromatic carbocycles. The van der Waals surface area contributed by atoms with Crippen LogP contribution in [0.4, 0.5) is 4.79 Å². The van der Waals surface area contributed by atoms with E-state index in [1.807, 2.05) is 12.2 Å². The Bertz CT molecular complexity index is 356. The molecule has 0 aromatic rings. The Kier molecular flexibility index (Phi) is 4.38. The maximum atomic E-state index is 11.6. The molecule has 18 heavy (non-hydrogen) atoms. The third-order valence-electron chi connectivity index (χ3n) is 2.93. The van der Waals surface area contributed by atoms with Gasteiger partial charge in [0.1, 0.15) is 5.60 Å². The van der Waals surface area contributed by atoms with Crippen molar-refractivity contribution in [2.24, 2.45) is 11.8 Å². The molecule has 0 saturated heterocycles. The highest BCUT2D eigenvalue weighted by atomic mass is 16.6. The Morgan fingerprint density at radius 3 is 2.56 bits per heavy atom. The van der Waals surface area contributed by atoms with Crippen molar-refractivity contribution < 1.29 is 19.4 Å². The van der Waals surface area contributed by atoms with Gasteiger partial charge in [-0.3, -0.25) is 4.79 Å². The van der Waals surface area contributed by atoms with E-state index in [9.17, 15) is 9.59 Å². The van der Waals surface area contributed by atoms with Gasteiger partial charge in [0.05, 0.1) is 12.0 Å². The lowest BCUT2D eigenvalue weighted by Crippen LogP contribution is -2.43. The third-order valence-corrected chi connectivity index (χ3v) is 2.93. The normalized spacial score (nSPS) is 24.7. The third kappa shape index (κ3) is 4.05. The molecule has 0 saturated carbocycles. The molecule has 3 unspecified atom stereocenters. The second-order valence-electron chi connectivity index (χ2n) is 5.63. The lowest BCUT2D eigenvalue weighted by molar-refractivity contribution is -0.143. The lowest BCUT2D eigenvalue weighted by Gasteiger charge is -2.26. The van der Waals surface area contributed by atoms with E-state index in [0.717, 1.165) is 0 Å². The van der Waals surface area contributed by atoms with Gasteiger partial charge in [-0.2, -0.15) is 0 Å². The fourth-order valence-electron chi connectivity index (χ4n) is 1.97. The van der Waals surface area contributed by atoms with E-state index < -0.39 is 23.6 Å². The van der Waals surface area contributed by atoms with Gasteiger partial charge in [0, 0.05) is 0 Å². The molecule has 5 nitrogen and oxygen atoms in total. The van der Waals surface area contributed by atoms with E-state index >= 15 is 0 Å². The molecule has 1 aliphatic carbocycles. The molecule has 102 valence electrons. The van der Waals surface area contributed by atoms with Crippen molar-refractivity contribution in [1.29, 1.82) is 0 Å². The van der Waals surface area contributed by atoms with Crippen LogP contribution in [0.3, 0.4) is 0 Å². The Morgan fingerprint density at radius 2 is 2.06 bits per heavy atom. The van der Waals surface area contributed by atoms with Crippen LogP contribution in [0.15, 0.2) is 12.2 Å². The Hall–Kier alpha value is -1.52. The van der Waals surface area contributed by atoms with Crippen LogP contribution in [-0.4, -0.2) is 28.8 Å². The zero-order valence-corrected chi connectivity index (χ0v) is 11.3. The summed E-state index contributed by atoms with van der Waals surface area (Å²) >= 11 is 0. The summed E-state index contributed by atoms with van der Waals surface area (Å²) in [7, 11) is 0. The molecule has 0 heterocycles. The van der Waals surface area contributed by atoms with Gasteiger partial charge >= 0.3 is 12.1 Å².